The summed E-state index contributed by atoms with van der Waals surface area (Å²) in [5.41, 5.74) is 7.97. The van der Waals surface area contributed by atoms with Crippen molar-refractivity contribution in [2.45, 2.75) is 13.0 Å². The summed E-state index contributed by atoms with van der Waals surface area (Å²) >= 11 is 3.24. The molecule has 0 saturated carbocycles. The third-order valence-electron chi connectivity index (χ3n) is 3.23. The standard InChI is InChI=1S/C15H13BrFN3O/c1-8(21)15-19-12-7-10(18)3-5-14(12)20(15)13-4-2-9(16)6-11(13)17/h2-8,21H,18H2,1H3. The average Bonchev–Trinajstić information content (AvgIpc) is 2.77. The summed E-state index contributed by atoms with van der Waals surface area (Å²) in [7, 11) is 0. The van der Waals surface area contributed by atoms with Gasteiger partial charge in [-0.25, -0.2) is 9.37 Å². The number of imidazole rings is 1. The fourth-order valence-electron chi connectivity index (χ4n) is 2.31. The Morgan fingerprint density at radius 1 is 1.29 bits per heavy atom. The second kappa shape index (κ2) is 5.13. The van der Waals surface area contributed by atoms with Crippen LogP contribution in [-0.4, -0.2) is 14.7 Å². The van der Waals surface area contributed by atoms with Gasteiger partial charge in [0.15, 0.2) is 0 Å². The molecule has 1 unspecified atom stereocenters. The minimum absolute atomic E-state index is 0.335. The van der Waals surface area contributed by atoms with Crippen molar-refractivity contribution < 1.29 is 9.50 Å². The van der Waals surface area contributed by atoms with Crippen LogP contribution in [0.3, 0.4) is 0 Å². The molecular formula is C15H13BrFN3O. The Hall–Kier alpha value is -1.92. The number of fused-ring (bicyclic) bond motifs is 1. The van der Waals surface area contributed by atoms with Crippen LogP contribution in [0, 0.1) is 5.82 Å². The topological polar surface area (TPSA) is 64.1 Å². The highest BCUT2D eigenvalue weighted by atomic mass is 79.9. The Morgan fingerprint density at radius 3 is 2.71 bits per heavy atom. The molecule has 3 N–H and O–H groups in total. The van der Waals surface area contributed by atoms with E-state index < -0.39 is 11.9 Å². The van der Waals surface area contributed by atoms with Gasteiger partial charge in [0.1, 0.15) is 17.7 Å². The van der Waals surface area contributed by atoms with Crippen LogP contribution < -0.4 is 5.73 Å². The van der Waals surface area contributed by atoms with Crippen molar-refractivity contribution in [3.8, 4) is 5.69 Å². The van der Waals surface area contributed by atoms with Crippen molar-refractivity contribution in [1.82, 2.24) is 9.55 Å². The van der Waals surface area contributed by atoms with Crippen LogP contribution >= 0.6 is 15.9 Å². The van der Waals surface area contributed by atoms with E-state index >= 15 is 0 Å². The van der Waals surface area contributed by atoms with Crippen LogP contribution in [0.15, 0.2) is 40.9 Å². The third kappa shape index (κ3) is 2.41. The number of nitrogen functional groups attached to an aromatic ring is 1. The molecule has 0 aliphatic carbocycles. The molecule has 3 aromatic rings. The largest absolute Gasteiger partial charge is 0.399 e. The van der Waals surface area contributed by atoms with Gasteiger partial charge in [-0.3, -0.25) is 4.57 Å². The van der Waals surface area contributed by atoms with Crippen LogP contribution in [0.25, 0.3) is 16.7 Å². The highest BCUT2D eigenvalue weighted by Crippen LogP contribution is 2.29. The number of aromatic nitrogens is 2. The number of nitrogens with zero attached hydrogens (tertiary/aromatic N) is 2. The molecule has 6 heteroatoms. The smallest absolute Gasteiger partial charge is 0.148 e. The number of halogens is 2. The predicted octanol–water partition coefficient (Wildman–Crippen LogP) is 3.56. The maximum Gasteiger partial charge on any atom is 0.148 e. The number of hydrogen-bond acceptors (Lipinski definition) is 3. The van der Waals surface area contributed by atoms with Gasteiger partial charge >= 0.3 is 0 Å². The summed E-state index contributed by atoms with van der Waals surface area (Å²) in [4.78, 5) is 4.37. The van der Waals surface area contributed by atoms with Gasteiger partial charge in [-0.1, -0.05) is 15.9 Å². The Morgan fingerprint density at radius 2 is 2.05 bits per heavy atom. The van der Waals surface area contributed by atoms with Crippen molar-refractivity contribution in [1.29, 1.82) is 0 Å². The fourth-order valence-corrected chi connectivity index (χ4v) is 2.65. The van der Waals surface area contributed by atoms with Crippen LogP contribution in [0.4, 0.5) is 10.1 Å². The molecule has 0 fully saturated rings. The van der Waals surface area contributed by atoms with E-state index in [1.54, 1.807) is 41.8 Å². The highest BCUT2D eigenvalue weighted by molar-refractivity contribution is 9.10. The molecule has 3 rings (SSSR count). The van der Waals surface area contributed by atoms with E-state index in [0.717, 1.165) is 0 Å². The maximum absolute atomic E-state index is 14.3. The first-order valence-electron chi connectivity index (χ1n) is 6.38. The predicted molar refractivity (Wildman–Crippen MR) is 83.8 cm³/mol. The zero-order valence-corrected chi connectivity index (χ0v) is 12.8. The summed E-state index contributed by atoms with van der Waals surface area (Å²) in [6, 6.07) is 9.96. The number of hydrogen-bond donors (Lipinski definition) is 2. The number of nitrogens with two attached hydrogens (primary N) is 1. The first-order chi connectivity index (χ1) is 9.97. The van der Waals surface area contributed by atoms with Crippen molar-refractivity contribution in [2.75, 3.05) is 5.73 Å². The Kier molecular flexibility index (Phi) is 3.43. The van der Waals surface area contributed by atoms with Gasteiger partial charge in [-0.05, 0) is 43.3 Å². The van der Waals surface area contributed by atoms with Crippen molar-refractivity contribution in [3.63, 3.8) is 0 Å². The van der Waals surface area contributed by atoms with Gasteiger partial charge in [0.05, 0.1) is 16.7 Å². The minimum atomic E-state index is -0.832. The zero-order valence-electron chi connectivity index (χ0n) is 11.2. The molecule has 1 atom stereocenters. The summed E-state index contributed by atoms with van der Waals surface area (Å²) in [6.07, 6.45) is -0.832. The van der Waals surface area contributed by atoms with E-state index in [9.17, 15) is 9.50 Å². The number of aliphatic hydroxyl groups excluding tert-OH is 1. The lowest BCUT2D eigenvalue weighted by Gasteiger charge is -2.12. The van der Waals surface area contributed by atoms with Crippen molar-refractivity contribution >= 4 is 32.7 Å². The molecular weight excluding hydrogens is 337 g/mol. The lowest BCUT2D eigenvalue weighted by atomic mass is 10.2. The normalized spacial score (nSPS) is 12.8. The Bertz CT molecular complexity index is 829. The van der Waals surface area contributed by atoms with Crippen LogP contribution in [0.5, 0.6) is 0 Å². The summed E-state index contributed by atoms with van der Waals surface area (Å²) in [5, 5.41) is 9.94. The van der Waals surface area contributed by atoms with E-state index in [0.29, 0.717) is 32.7 Å². The molecule has 4 nitrogen and oxygen atoms in total. The van der Waals surface area contributed by atoms with Crippen molar-refractivity contribution in [3.05, 3.63) is 52.5 Å². The first-order valence-corrected chi connectivity index (χ1v) is 7.18. The zero-order chi connectivity index (χ0) is 15.1. The van der Waals surface area contributed by atoms with Gasteiger partial charge in [-0.2, -0.15) is 0 Å². The molecule has 0 aliphatic rings. The quantitative estimate of drug-likeness (QED) is 0.695. The van der Waals surface area contributed by atoms with Crippen LogP contribution in [-0.2, 0) is 0 Å². The molecule has 21 heavy (non-hydrogen) atoms. The molecule has 108 valence electrons. The molecule has 1 aromatic heterocycles. The summed E-state index contributed by atoms with van der Waals surface area (Å²) in [5.74, 6) is -0.0285. The van der Waals surface area contributed by atoms with Crippen molar-refractivity contribution in [2.24, 2.45) is 0 Å². The number of anilines is 1. The van der Waals surface area contributed by atoms with E-state index in [2.05, 4.69) is 20.9 Å². The van der Waals surface area contributed by atoms with E-state index in [1.807, 2.05) is 0 Å². The highest BCUT2D eigenvalue weighted by Gasteiger charge is 2.18. The first kappa shape index (κ1) is 14.0. The SMILES string of the molecule is CC(O)c1nc2cc(N)ccc2n1-c1ccc(Br)cc1F. The van der Waals surface area contributed by atoms with Crippen LogP contribution in [0.1, 0.15) is 18.9 Å². The maximum atomic E-state index is 14.3. The van der Waals surface area contributed by atoms with Crippen LogP contribution in [0.2, 0.25) is 0 Å². The Labute approximate surface area is 129 Å². The number of benzene rings is 2. The van der Waals surface area contributed by atoms with E-state index in [1.165, 1.54) is 6.07 Å². The third-order valence-corrected chi connectivity index (χ3v) is 3.72. The number of aliphatic hydroxyl groups is 1. The molecule has 1 heterocycles. The second-order valence-corrected chi connectivity index (χ2v) is 5.74. The minimum Gasteiger partial charge on any atom is -0.399 e. The lowest BCUT2D eigenvalue weighted by molar-refractivity contribution is 0.187. The van der Waals surface area contributed by atoms with E-state index in [4.69, 9.17) is 5.73 Å². The summed E-state index contributed by atoms with van der Waals surface area (Å²) in [6.45, 7) is 1.60. The molecule has 0 radical (unpaired) electrons. The van der Waals surface area contributed by atoms with E-state index in [-0.39, 0.29) is 0 Å². The number of rotatable bonds is 2. The molecule has 0 amide bonds. The van der Waals surface area contributed by atoms with Gasteiger partial charge in [0, 0.05) is 10.2 Å². The lowest BCUT2D eigenvalue weighted by Crippen LogP contribution is -2.06. The molecule has 0 aliphatic heterocycles. The van der Waals surface area contributed by atoms with Gasteiger partial charge in [0.25, 0.3) is 0 Å². The van der Waals surface area contributed by atoms with Gasteiger partial charge in [-0.15, -0.1) is 0 Å². The molecule has 2 aromatic carbocycles. The molecule has 0 saturated heterocycles. The Balaban J connectivity index is 2.36. The fraction of sp³-hybridized carbons (Fsp3) is 0.133. The molecule has 0 spiro atoms. The second-order valence-electron chi connectivity index (χ2n) is 4.83. The molecule has 0 bridgehead atoms. The summed E-state index contributed by atoms with van der Waals surface area (Å²) < 4.78 is 16.5. The monoisotopic (exact) mass is 349 g/mol. The van der Waals surface area contributed by atoms with Gasteiger partial charge < -0.3 is 10.8 Å². The van der Waals surface area contributed by atoms with Gasteiger partial charge in [0.2, 0.25) is 0 Å². The average molecular weight is 350 g/mol.